The van der Waals surface area contributed by atoms with Crippen LogP contribution in [0.2, 0.25) is 0 Å². The Morgan fingerprint density at radius 1 is 1.28 bits per heavy atom. The number of carbonyl (C=O) groups excluding carboxylic acids is 2. The number of amides is 3. The van der Waals surface area contributed by atoms with E-state index in [1.54, 1.807) is 0 Å². The van der Waals surface area contributed by atoms with E-state index in [4.69, 9.17) is 5.11 Å². The lowest BCUT2D eigenvalue weighted by Crippen LogP contribution is -2.54. The van der Waals surface area contributed by atoms with Gasteiger partial charge >= 0.3 is 12.0 Å². The minimum absolute atomic E-state index is 0.0396. The zero-order valence-electron chi connectivity index (χ0n) is 11.2. The van der Waals surface area contributed by atoms with Crippen molar-refractivity contribution in [3.8, 4) is 0 Å². The van der Waals surface area contributed by atoms with Crippen LogP contribution in [0.1, 0.15) is 34.1 Å². The smallest absolute Gasteiger partial charge is 0.328 e. The Labute approximate surface area is 106 Å². The molecule has 18 heavy (non-hydrogen) atoms. The van der Waals surface area contributed by atoms with Gasteiger partial charge in [0.05, 0.1) is 6.54 Å². The van der Waals surface area contributed by atoms with Gasteiger partial charge in [0, 0.05) is 6.04 Å². The highest BCUT2D eigenvalue weighted by molar-refractivity contribution is 5.88. The molecule has 0 saturated heterocycles. The van der Waals surface area contributed by atoms with Crippen molar-refractivity contribution in [3.63, 3.8) is 0 Å². The zero-order chi connectivity index (χ0) is 14.3. The maximum Gasteiger partial charge on any atom is 0.328 e. The van der Waals surface area contributed by atoms with E-state index in [-0.39, 0.29) is 18.5 Å². The molecule has 0 fully saturated rings. The zero-order valence-corrected chi connectivity index (χ0v) is 11.2. The summed E-state index contributed by atoms with van der Waals surface area (Å²) in [6.07, 6.45) is 0.796. The quantitative estimate of drug-likeness (QED) is 0.541. The van der Waals surface area contributed by atoms with Crippen LogP contribution in [-0.2, 0) is 9.59 Å². The Morgan fingerprint density at radius 2 is 1.83 bits per heavy atom. The van der Waals surface area contributed by atoms with Gasteiger partial charge in [0.25, 0.3) is 0 Å². The fourth-order valence-electron chi connectivity index (χ4n) is 0.970. The van der Waals surface area contributed by atoms with Gasteiger partial charge < -0.3 is 21.1 Å². The number of hydrogen-bond acceptors (Lipinski definition) is 3. The van der Waals surface area contributed by atoms with Crippen LogP contribution in [0.4, 0.5) is 4.79 Å². The molecule has 3 amide bonds. The van der Waals surface area contributed by atoms with Crippen molar-refractivity contribution in [2.45, 2.75) is 45.7 Å². The summed E-state index contributed by atoms with van der Waals surface area (Å²) in [5.74, 6) is -1.46. The highest BCUT2D eigenvalue weighted by Gasteiger charge is 2.28. The van der Waals surface area contributed by atoms with Crippen LogP contribution in [-0.4, -0.2) is 41.1 Å². The van der Waals surface area contributed by atoms with Gasteiger partial charge in [-0.3, -0.25) is 4.79 Å². The summed E-state index contributed by atoms with van der Waals surface area (Å²) in [4.78, 5) is 33.5. The number of hydrogen-bond donors (Lipinski definition) is 4. The van der Waals surface area contributed by atoms with Gasteiger partial charge in [0.2, 0.25) is 5.91 Å². The summed E-state index contributed by atoms with van der Waals surface area (Å²) in [5.41, 5.74) is -1.38. The molecule has 0 rings (SSSR count). The molecule has 0 aliphatic heterocycles. The Morgan fingerprint density at radius 3 is 2.28 bits per heavy atom. The van der Waals surface area contributed by atoms with E-state index in [1.165, 1.54) is 13.8 Å². The van der Waals surface area contributed by atoms with E-state index < -0.39 is 17.5 Å². The maximum absolute atomic E-state index is 11.4. The first-order valence-corrected chi connectivity index (χ1v) is 5.77. The van der Waals surface area contributed by atoms with Crippen LogP contribution < -0.4 is 16.0 Å². The van der Waals surface area contributed by atoms with E-state index in [9.17, 15) is 14.4 Å². The average molecular weight is 259 g/mol. The molecule has 0 aromatic heterocycles. The summed E-state index contributed by atoms with van der Waals surface area (Å²) in [6.45, 7) is 6.31. The van der Waals surface area contributed by atoms with E-state index in [1.807, 2.05) is 13.8 Å². The van der Waals surface area contributed by atoms with Gasteiger partial charge in [-0.2, -0.15) is 0 Å². The second-order valence-corrected chi connectivity index (χ2v) is 4.61. The number of nitrogens with one attached hydrogen (secondary N) is 3. The molecule has 1 atom stereocenters. The number of urea groups is 1. The predicted octanol–water partition coefficient (Wildman–Crippen LogP) is 0.0635. The van der Waals surface area contributed by atoms with E-state index >= 15 is 0 Å². The summed E-state index contributed by atoms with van der Waals surface area (Å²) < 4.78 is 0. The normalized spacial score (nSPS) is 12.4. The van der Waals surface area contributed by atoms with Crippen molar-refractivity contribution in [2.24, 2.45) is 0 Å². The SMILES string of the molecule is CCC(C)NC(=O)CNC(=O)NC(C)(C)C(=O)O. The maximum atomic E-state index is 11.4. The van der Waals surface area contributed by atoms with Gasteiger partial charge in [-0.1, -0.05) is 6.92 Å². The third kappa shape index (κ3) is 6.07. The number of aliphatic carboxylic acids is 1. The molecule has 104 valence electrons. The van der Waals surface area contributed by atoms with E-state index in [2.05, 4.69) is 16.0 Å². The topological polar surface area (TPSA) is 108 Å². The second kappa shape index (κ2) is 6.83. The van der Waals surface area contributed by atoms with Crippen molar-refractivity contribution < 1.29 is 19.5 Å². The number of carboxylic acids is 1. The highest BCUT2D eigenvalue weighted by Crippen LogP contribution is 2.00. The van der Waals surface area contributed by atoms with Crippen molar-refractivity contribution in [2.75, 3.05) is 6.54 Å². The van der Waals surface area contributed by atoms with Gasteiger partial charge in [-0.25, -0.2) is 9.59 Å². The van der Waals surface area contributed by atoms with Gasteiger partial charge in [0.1, 0.15) is 5.54 Å². The largest absolute Gasteiger partial charge is 0.480 e. The summed E-state index contributed by atoms with van der Waals surface area (Å²) in [7, 11) is 0. The molecule has 0 saturated carbocycles. The fraction of sp³-hybridized carbons (Fsp3) is 0.727. The average Bonchev–Trinajstić information content (AvgIpc) is 2.25. The van der Waals surface area contributed by atoms with Gasteiger partial charge in [-0.15, -0.1) is 0 Å². The molecule has 0 aliphatic rings. The number of rotatable bonds is 6. The molecule has 0 aromatic rings. The van der Waals surface area contributed by atoms with E-state index in [0.29, 0.717) is 0 Å². The molecule has 0 aliphatic carbocycles. The molecule has 4 N–H and O–H groups in total. The first-order chi connectivity index (χ1) is 8.19. The predicted molar refractivity (Wildman–Crippen MR) is 66.1 cm³/mol. The lowest BCUT2D eigenvalue weighted by Gasteiger charge is -2.21. The van der Waals surface area contributed by atoms with Gasteiger partial charge in [-0.05, 0) is 27.2 Å². The molecule has 7 nitrogen and oxygen atoms in total. The van der Waals surface area contributed by atoms with Crippen molar-refractivity contribution in [3.05, 3.63) is 0 Å². The fourth-order valence-corrected chi connectivity index (χ4v) is 0.970. The lowest BCUT2D eigenvalue weighted by atomic mass is 10.1. The summed E-state index contributed by atoms with van der Waals surface area (Å²) in [5, 5.41) is 16.0. The highest BCUT2D eigenvalue weighted by atomic mass is 16.4. The van der Waals surface area contributed by atoms with Crippen LogP contribution in [0.5, 0.6) is 0 Å². The van der Waals surface area contributed by atoms with E-state index in [0.717, 1.165) is 6.42 Å². The number of carboxylic acid groups (broad SMARTS) is 1. The molecule has 0 radical (unpaired) electrons. The molecule has 0 bridgehead atoms. The molecule has 0 heterocycles. The summed E-state index contributed by atoms with van der Waals surface area (Å²) in [6, 6.07) is -0.653. The minimum atomic E-state index is -1.38. The minimum Gasteiger partial charge on any atom is -0.480 e. The van der Waals surface area contributed by atoms with Crippen LogP contribution in [0, 0.1) is 0 Å². The third-order valence-electron chi connectivity index (χ3n) is 2.39. The standard InChI is InChI=1S/C11H21N3O4/c1-5-7(2)13-8(15)6-12-10(18)14-11(3,4)9(16)17/h7H,5-6H2,1-4H3,(H,13,15)(H,16,17)(H2,12,14,18). The van der Waals surface area contributed by atoms with Crippen molar-refractivity contribution in [1.29, 1.82) is 0 Å². The molecule has 0 aromatic carbocycles. The monoisotopic (exact) mass is 259 g/mol. The Balaban J connectivity index is 4.05. The Bertz CT molecular complexity index is 328. The molecule has 0 spiro atoms. The Kier molecular flexibility index (Phi) is 6.15. The molecular weight excluding hydrogens is 238 g/mol. The lowest BCUT2D eigenvalue weighted by molar-refractivity contribution is -0.142. The van der Waals surface area contributed by atoms with Gasteiger partial charge in [0.15, 0.2) is 0 Å². The van der Waals surface area contributed by atoms with Crippen molar-refractivity contribution >= 4 is 17.9 Å². The molecule has 7 heteroatoms. The van der Waals surface area contributed by atoms with Crippen LogP contribution in [0.25, 0.3) is 0 Å². The van der Waals surface area contributed by atoms with Crippen LogP contribution in [0.15, 0.2) is 0 Å². The Hall–Kier alpha value is -1.79. The second-order valence-electron chi connectivity index (χ2n) is 4.61. The van der Waals surface area contributed by atoms with Crippen LogP contribution >= 0.6 is 0 Å². The van der Waals surface area contributed by atoms with Crippen LogP contribution in [0.3, 0.4) is 0 Å². The summed E-state index contributed by atoms with van der Waals surface area (Å²) >= 11 is 0. The first-order valence-electron chi connectivity index (χ1n) is 5.77. The first kappa shape index (κ1) is 16.2. The third-order valence-corrected chi connectivity index (χ3v) is 2.39. The molecular formula is C11H21N3O4. The molecule has 1 unspecified atom stereocenters. The number of carbonyl (C=O) groups is 3. The van der Waals surface area contributed by atoms with Crippen molar-refractivity contribution in [1.82, 2.24) is 16.0 Å².